The molecule has 0 fully saturated rings. The molecule has 426 valence electrons. The van der Waals surface area contributed by atoms with E-state index in [1.165, 1.54) is 161 Å². The van der Waals surface area contributed by atoms with Crippen molar-refractivity contribution in [2.75, 3.05) is 40.9 Å². The largest absolute Gasteiger partial charge is 0.472 e. The van der Waals surface area contributed by atoms with Crippen molar-refractivity contribution in [3.8, 4) is 0 Å². The molecule has 8 nitrogen and oxygen atoms in total. The molecule has 0 spiro atoms. The summed E-state index contributed by atoms with van der Waals surface area (Å²) in [6, 6.07) is -0.775. The van der Waals surface area contributed by atoms with Gasteiger partial charge in [-0.1, -0.05) is 279 Å². The summed E-state index contributed by atoms with van der Waals surface area (Å²) in [5.41, 5.74) is 0. The number of phosphoric ester groups is 1. The quantitative estimate of drug-likeness (QED) is 0.0243. The number of aliphatic hydroxyl groups excluding tert-OH is 1. The van der Waals surface area contributed by atoms with Crippen LogP contribution in [-0.4, -0.2) is 73.4 Å². The van der Waals surface area contributed by atoms with E-state index in [-0.39, 0.29) is 19.1 Å². The topological polar surface area (TPSA) is 105 Å². The maximum Gasteiger partial charge on any atom is 0.472 e. The molecule has 0 aromatic carbocycles. The van der Waals surface area contributed by atoms with Gasteiger partial charge in [0.15, 0.2) is 0 Å². The van der Waals surface area contributed by atoms with Gasteiger partial charge in [0, 0.05) is 6.42 Å². The highest BCUT2D eigenvalue weighted by atomic mass is 31.2. The minimum atomic E-state index is -4.34. The molecule has 0 saturated carbocycles. The summed E-state index contributed by atoms with van der Waals surface area (Å²) in [4.78, 5) is 23.4. The fraction of sp³-hybridized carbons (Fsp3) is 0.797. The van der Waals surface area contributed by atoms with Crippen LogP contribution in [0.1, 0.15) is 277 Å². The summed E-state index contributed by atoms with van der Waals surface area (Å²) in [5.74, 6) is -0.158. The Morgan fingerprint density at radius 3 is 1.21 bits per heavy atom. The van der Waals surface area contributed by atoms with Crippen molar-refractivity contribution in [3.63, 3.8) is 0 Å². The number of carbonyl (C=O) groups is 1. The van der Waals surface area contributed by atoms with Crippen LogP contribution in [0.2, 0.25) is 0 Å². The van der Waals surface area contributed by atoms with E-state index in [0.29, 0.717) is 23.9 Å². The number of allylic oxidation sites excluding steroid dienone is 12. The second-order valence-corrected chi connectivity index (χ2v) is 23.5. The number of nitrogens with one attached hydrogen (secondary N) is 1. The number of aliphatic hydroxyl groups is 1. The lowest BCUT2D eigenvalue weighted by atomic mass is 10.0. The third kappa shape index (κ3) is 57.5. The Labute approximate surface area is 453 Å². The lowest BCUT2D eigenvalue weighted by molar-refractivity contribution is -0.870. The van der Waals surface area contributed by atoms with Gasteiger partial charge in [-0.2, -0.15) is 0 Å². The maximum absolute atomic E-state index is 13.0. The molecule has 0 radical (unpaired) electrons. The maximum atomic E-state index is 13.0. The molecule has 0 aliphatic heterocycles. The molecule has 0 aliphatic rings. The second kappa shape index (κ2) is 54.7. The van der Waals surface area contributed by atoms with Crippen LogP contribution >= 0.6 is 7.82 Å². The van der Waals surface area contributed by atoms with Crippen LogP contribution in [0.15, 0.2) is 72.9 Å². The lowest BCUT2D eigenvalue weighted by Gasteiger charge is -2.26. The van der Waals surface area contributed by atoms with Crippen LogP contribution in [0, 0.1) is 0 Å². The molecule has 73 heavy (non-hydrogen) atoms. The molecule has 0 bridgehead atoms. The average Bonchev–Trinajstić information content (AvgIpc) is 3.35. The Bertz CT molecular complexity index is 1420. The molecule has 0 aromatic rings. The van der Waals surface area contributed by atoms with Crippen molar-refractivity contribution in [2.24, 2.45) is 0 Å². The molecule has 9 heteroatoms. The second-order valence-electron chi connectivity index (χ2n) is 22.1. The van der Waals surface area contributed by atoms with Crippen molar-refractivity contribution in [1.29, 1.82) is 0 Å². The van der Waals surface area contributed by atoms with E-state index in [1.54, 1.807) is 0 Å². The summed E-state index contributed by atoms with van der Waals surface area (Å²) < 4.78 is 23.8. The van der Waals surface area contributed by atoms with Gasteiger partial charge in [0.25, 0.3) is 0 Å². The molecular formula is C64H120N2O6P+. The number of hydrogen-bond acceptors (Lipinski definition) is 5. The van der Waals surface area contributed by atoms with Crippen LogP contribution in [-0.2, 0) is 18.4 Å². The highest BCUT2D eigenvalue weighted by Gasteiger charge is 2.28. The predicted molar refractivity (Wildman–Crippen MR) is 318 cm³/mol. The first-order valence-electron chi connectivity index (χ1n) is 30.8. The lowest BCUT2D eigenvalue weighted by Crippen LogP contribution is -2.46. The fourth-order valence-corrected chi connectivity index (χ4v) is 9.67. The standard InChI is InChI=1S/C64H119N2O6P/c1-6-8-10-12-14-16-18-20-22-24-26-28-30-32-34-35-37-39-41-43-45-47-49-51-53-55-57-63(67)62(61-72-73(69,70)71-60-59-66(3,4)5)65-64(68)58-56-54-52-50-48-46-44-42-40-38-36-33-31-29-27-25-23-21-19-17-15-13-11-9-7-2/h9,11,15,17,21,23,27,29,33,36,40,42,62-63,67H,6-8,10,12-14,16,18-20,22,24-26,28,30-32,34-35,37-39,41,43-61H2,1-5H3,(H-,65,68,69,70)/p+1/b11-9-,17-15-,23-21-,29-27-,36-33-,42-40-. The summed E-state index contributed by atoms with van der Waals surface area (Å²) in [6.45, 7) is 4.79. The van der Waals surface area contributed by atoms with Crippen LogP contribution in [0.3, 0.4) is 0 Å². The number of quaternary nitrogens is 1. The van der Waals surface area contributed by atoms with Crippen LogP contribution in [0.5, 0.6) is 0 Å². The molecule has 3 unspecified atom stereocenters. The Morgan fingerprint density at radius 1 is 0.479 bits per heavy atom. The molecule has 3 N–H and O–H groups in total. The summed E-state index contributed by atoms with van der Waals surface area (Å²) in [7, 11) is 1.60. The van der Waals surface area contributed by atoms with E-state index in [0.717, 1.165) is 89.9 Å². The van der Waals surface area contributed by atoms with E-state index < -0.39 is 20.0 Å². The molecule has 0 aromatic heterocycles. The van der Waals surface area contributed by atoms with Gasteiger partial charge < -0.3 is 19.8 Å². The number of phosphoric acid groups is 1. The summed E-state index contributed by atoms with van der Waals surface area (Å²) in [5, 5.41) is 14.1. The number of rotatable bonds is 56. The first-order valence-corrected chi connectivity index (χ1v) is 32.3. The van der Waals surface area contributed by atoms with Gasteiger partial charge in [-0.25, -0.2) is 4.57 Å². The van der Waals surface area contributed by atoms with Crippen molar-refractivity contribution >= 4 is 13.7 Å². The Hall–Kier alpha value is -2.06. The first kappa shape index (κ1) is 70.9. The molecule has 1 amide bonds. The summed E-state index contributed by atoms with van der Waals surface area (Å²) in [6.07, 6.45) is 75.4. The number of likely N-dealkylation sites (N-methyl/N-ethyl adjacent to an activating group) is 1. The molecule has 0 aliphatic carbocycles. The number of unbranched alkanes of at least 4 members (excludes halogenated alkanes) is 31. The monoisotopic (exact) mass is 1040 g/mol. The Morgan fingerprint density at radius 2 is 0.822 bits per heavy atom. The molecule has 0 saturated heterocycles. The normalized spacial score (nSPS) is 14.3. The van der Waals surface area contributed by atoms with Crippen LogP contribution in [0.25, 0.3) is 0 Å². The van der Waals surface area contributed by atoms with Gasteiger partial charge >= 0.3 is 7.82 Å². The number of amides is 1. The van der Waals surface area contributed by atoms with Crippen molar-refractivity contribution < 1.29 is 32.9 Å². The highest BCUT2D eigenvalue weighted by molar-refractivity contribution is 7.47. The van der Waals surface area contributed by atoms with E-state index in [2.05, 4.69) is 92.1 Å². The van der Waals surface area contributed by atoms with Gasteiger partial charge in [0.1, 0.15) is 13.2 Å². The number of nitrogens with zero attached hydrogens (tertiary/aromatic N) is 1. The molecular weight excluding hydrogens is 924 g/mol. The van der Waals surface area contributed by atoms with Crippen molar-refractivity contribution in [1.82, 2.24) is 5.32 Å². The zero-order valence-corrected chi connectivity index (χ0v) is 49.5. The van der Waals surface area contributed by atoms with Crippen molar-refractivity contribution in [2.45, 2.75) is 289 Å². The zero-order chi connectivity index (χ0) is 53.5. The van der Waals surface area contributed by atoms with E-state index in [9.17, 15) is 19.4 Å². The zero-order valence-electron chi connectivity index (χ0n) is 48.6. The minimum absolute atomic E-state index is 0.0684. The van der Waals surface area contributed by atoms with Gasteiger partial charge in [0.2, 0.25) is 5.91 Å². The Kier molecular flexibility index (Phi) is 53.2. The minimum Gasteiger partial charge on any atom is -0.391 e. The van der Waals surface area contributed by atoms with Gasteiger partial charge in [-0.05, 0) is 64.2 Å². The smallest absolute Gasteiger partial charge is 0.391 e. The fourth-order valence-electron chi connectivity index (χ4n) is 8.93. The molecule has 3 atom stereocenters. The summed E-state index contributed by atoms with van der Waals surface area (Å²) >= 11 is 0. The first-order chi connectivity index (χ1) is 35.5. The van der Waals surface area contributed by atoms with E-state index >= 15 is 0 Å². The van der Waals surface area contributed by atoms with E-state index in [4.69, 9.17) is 9.05 Å². The predicted octanol–water partition coefficient (Wildman–Crippen LogP) is 19.0. The molecule has 0 rings (SSSR count). The third-order valence-corrected chi connectivity index (χ3v) is 14.7. The highest BCUT2D eigenvalue weighted by Crippen LogP contribution is 2.43. The van der Waals surface area contributed by atoms with Crippen LogP contribution < -0.4 is 5.32 Å². The van der Waals surface area contributed by atoms with Gasteiger partial charge in [-0.15, -0.1) is 0 Å². The van der Waals surface area contributed by atoms with E-state index in [1.807, 2.05) is 21.1 Å². The SMILES string of the molecule is CC/C=C\C/C=C\C/C=C\C/C=C\C/C=C\C/C=C\CCCCCCCCC(=O)NC(COP(=O)(O)OCC[N+](C)(C)C)C(O)CCCCCCCCCCCCCCCCCCCCCCCCCCCC. The third-order valence-electron chi connectivity index (χ3n) is 13.7. The van der Waals surface area contributed by atoms with Gasteiger partial charge in [0.05, 0.1) is 39.9 Å². The average molecular weight is 1040 g/mol. The van der Waals surface area contributed by atoms with Gasteiger partial charge in [-0.3, -0.25) is 13.8 Å². The van der Waals surface area contributed by atoms with Crippen molar-refractivity contribution in [3.05, 3.63) is 72.9 Å². The number of carbonyl (C=O) groups excluding carboxylic acids is 1. The Balaban J connectivity index is 4.18. The molecule has 0 heterocycles. The number of hydrogen-bond donors (Lipinski definition) is 3. The van der Waals surface area contributed by atoms with Crippen LogP contribution in [0.4, 0.5) is 0 Å².